The van der Waals surface area contributed by atoms with E-state index in [0.717, 1.165) is 35.0 Å². The Bertz CT molecular complexity index is 1080. The molecule has 2 aromatic carbocycles. The molecule has 1 aliphatic rings. The molecule has 4 rings (SSSR count). The number of amides is 1. The van der Waals surface area contributed by atoms with E-state index in [9.17, 15) is 18.0 Å². The third-order valence-electron chi connectivity index (χ3n) is 5.04. The fourth-order valence-corrected chi connectivity index (χ4v) is 3.70. The number of nitrogens with one attached hydrogen (secondary N) is 1. The van der Waals surface area contributed by atoms with E-state index in [1.54, 1.807) is 0 Å². The molecule has 3 aromatic rings. The first kappa shape index (κ1) is 21.4. The van der Waals surface area contributed by atoms with Crippen molar-refractivity contribution in [1.29, 1.82) is 0 Å². The first-order valence-corrected chi connectivity index (χ1v) is 10.1. The Balaban J connectivity index is 1.46. The zero-order valence-corrected chi connectivity index (χ0v) is 17.1. The van der Waals surface area contributed by atoms with Crippen LogP contribution < -0.4 is 5.32 Å². The van der Waals surface area contributed by atoms with Crippen LogP contribution >= 0.6 is 11.6 Å². The molecule has 1 aromatic heterocycles. The van der Waals surface area contributed by atoms with Crippen molar-refractivity contribution in [3.8, 4) is 0 Å². The van der Waals surface area contributed by atoms with Crippen molar-refractivity contribution < 1.29 is 22.7 Å². The smallest absolute Gasteiger partial charge is 0.370 e. The second kappa shape index (κ2) is 8.72. The number of rotatable bonds is 5. The summed E-state index contributed by atoms with van der Waals surface area (Å²) in [5.74, 6) is -0.699. The number of ether oxygens (including phenoxy) is 1. The van der Waals surface area contributed by atoms with E-state index in [1.165, 1.54) is 0 Å². The Hall–Kier alpha value is -2.84. The van der Waals surface area contributed by atoms with E-state index in [-0.39, 0.29) is 17.1 Å². The monoisotopic (exact) mass is 449 g/mol. The van der Waals surface area contributed by atoms with Gasteiger partial charge in [-0.15, -0.1) is 0 Å². The molecule has 0 saturated heterocycles. The van der Waals surface area contributed by atoms with Crippen molar-refractivity contribution in [3.05, 3.63) is 87.7 Å². The van der Waals surface area contributed by atoms with E-state index in [0.29, 0.717) is 19.6 Å². The van der Waals surface area contributed by atoms with Gasteiger partial charge in [-0.1, -0.05) is 41.9 Å². The van der Waals surface area contributed by atoms with Gasteiger partial charge in [-0.2, -0.15) is 18.3 Å². The van der Waals surface area contributed by atoms with Crippen LogP contribution in [0.25, 0.3) is 0 Å². The number of carbonyl (C=O) groups excluding carboxylic acids is 1. The maximum Gasteiger partial charge on any atom is 0.416 e. The van der Waals surface area contributed by atoms with Gasteiger partial charge in [-0.25, -0.2) is 0 Å². The second-order valence-electron chi connectivity index (χ2n) is 7.23. The minimum absolute atomic E-state index is 0.0529. The van der Waals surface area contributed by atoms with Gasteiger partial charge < -0.3 is 10.1 Å². The summed E-state index contributed by atoms with van der Waals surface area (Å²) in [5, 5.41) is 7.18. The zero-order chi connectivity index (χ0) is 22.0. The van der Waals surface area contributed by atoms with Gasteiger partial charge in [0.25, 0.3) is 5.91 Å². The lowest BCUT2D eigenvalue weighted by Gasteiger charge is -2.22. The number of aromatic nitrogens is 2. The Morgan fingerprint density at radius 3 is 2.74 bits per heavy atom. The number of nitrogens with zero attached hydrogens (tertiary/aromatic N) is 2. The van der Waals surface area contributed by atoms with E-state index in [4.69, 9.17) is 16.3 Å². The Morgan fingerprint density at radius 2 is 2.00 bits per heavy atom. The van der Waals surface area contributed by atoms with Gasteiger partial charge in [-0.3, -0.25) is 9.48 Å². The highest BCUT2D eigenvalue weighted by atomic mass is 35.5. The maximum absolute atomic E-state index is 13.0. The molecule has 0 aliphatic carbocycles. The number of alkyl halides is 3. The fourth-order valence-electron chi connectivity index (χ4n) is 3.49. The Kier molecular flexibility index (Phi) is 6.02. The molecule has 0 fully saturated rings. The zero-order valence-electron chi connectivity index (χ0n) is 16.3. The van der Waals surface area contributed by atoms with Gasteiger partial charge in [0.05, 0.1) is 35.0 Å². The van der Waals surface area contributed by atoms with E-state index >= 15 is 0 Å². The summed E-state index contributed by atoms with van der Waals surface area (Å²) >= 11 is 5.95. The molecule has 1 N–H and O–H groups in total. The summed E-state index contributed by atoms with van der Waals surface area (Å²) < 4.78 is 46.5. The van der Waals surface area contributed by atoms with Crippen molar-refractivity contribution in [3.63, 3.8) is 0 Å². The number of fused-ring (bicyclic) bond motifs is 1. The standard InChI is InChI=1S/C22H19ClF3N3O2/c23-18-7-6-16(22(24,25)26)10-17(18)21(30)27-11-19-20-15(8-9-31-19)13-29(28-20)12-14-4-2-1-3-5-14/h1-7,10,13,19H,8-9,11-12H2,(H,27,30)/t19-/m1/s1. The topological polar surface area (TPSA) is 56.1 Å². The Labute approximate surface area is 181 Å². The molecule has 9 heteroatoms. The average Bonchev–Trinajstić information content (AvgIpc) is 3.15. The molecule has 0 saturated carbocycles. The van der Waals surface area contributed by atoms with Crippen LogP contribution in [0.1, 0.15) is 38.8 Å². The minimum Gasteiger partial charge on any atom is -0.370 e. The van der Waals surface area contributed by atoms with Crippen LogP contribution in [0.5, 0.6) is 0 Å². The molecule has 0 radical (unpaired) electrons. The van der Waals surface area contributed by atoms with Crippen molar-refractivity contribution in [2.75, 3.05) is 13.2 Å². The molecule has 2 heterocycles. The molecule has 0 unspecified atom stereocenters. The molecular weight excluding hydrogens is 431 g/mol. The van der Waals surface area contributed by atoms with E-state index in [1.807, 2.05) is 41.2 Å². The third-order valence-corrected chi connectivity index (χ3v) is 5.37. The Morgan fingerprint density at radius 1 is 1.23 bits per heavy atom. The summed E-state index contributed by atoms with van der Waals surface area (Å²) in [6.45, 7) is 1.14. The van der Waals surface area contributed by atoms with Crippen LogP contribution in [-0.2, 0) is 23.9 Å². The van der Waals surface area contributed by atoms with Gasteiger partial charge >= 0.3 is 6.18 Å². The molecule has 1 atom stereocenters. The van der Waals surface area contributed by atoms with Crippen LogP contribution in [0, 0.1) is 0 Å². The van der Waals surface area contributed by atoms with Gasteiger partial charge in [-0.05, 0) is 35.7 Å². The summed E-state index contributed by atoms with van der Waals surface area (Å²) in [6, 6.07) is 12.5. The van der Waals surface area contributed by atoms with Crippen LogP contribution in [0.2, 0.25) is 5.02 Å². The van der Waals surface area contributed by atoms with Crippen molar-refractivity contribution in [2.24, 2.45) is 0 Å². The molecule has 5 nitrogen and oxygen atoms in total. The van der Waals surface area contributed by atoms with Gasteiger partial charge in [0.1, 0.15) is 6.10 Å². The largest absolute Gasteiger partial charge is 0.416 e. The quantitative estimate of drug-likeness (QED) is 0.617. The normalized spacial score (nSPS) is 16.1. The predicted molar refractivity (Wildman–Crippen MR) is 109 cm³/mol. The number of carbonyl (C=O) groups is 1. The van der Waals surface area contributed by atoms with Crippen LogP contribution in [-0.4, -0.2) is 28.8 Å². The lowest BCUT2D eigenvalue weighted by Crippen LogP contribution is -2.32. The van der Waals surface area contributed by atoms with E-state index < -0.39 is 23.8 Å². The van der Waals surface area contributed by atoms with Gasteiger partial charge in [0.15, 0.2) is 0 Å². The molecule has 162 valence electrons. The fraction of sp³-hybridized carbons (Fsp3) is 0.273. The molecule has 1 aliphatic heterocycles. The average molecular weight is 450 g/mol. The number of hydrogen-bond acceptors (Lipinski definition) is 3. The van der Waals surface area contributed by atoms with E-state index in [2.05, 4.69) is 10.4 Å². The molecule has 1 amide bonds. The lowest BCUT2D eigenvalue weighted by molar-refractivity contribution is -0.137. The first-order chi connectivity index (χ1) is 14.8. The SMILES string of the molecule is O=C(NC[C@H]1OCCc2cn(Cc3ccccc3)nc21)c1cc(C(F)(F)F)ccc1Cl. The van der Waals surface area contributed by atoms with Crippen molar-refractivity contribution >= 4 is 17.5 Å². The van der Waals surface area contributed by atoms with Crippen molar-refractivity contribution in [1.82, 2.24) is 15.1 Å². The summed E-state index contributed by atoms with van der Waals surface area (Å²) in [4.78, 5) is 12.5. The molecule has 0 spiro atoms. The van der Waals surface area contributed by atoms with Crippen LogP contribution in [0.4, 0.5) is 13.2 Å². The van der Waals surface area contributed by atoms with Crippen LogP contribution in [0.3, 0.4) is 0 Å². The second-order valence-corrected chi connectivity index (χ2v) is 7.64. The third kappa shape index (κ3) is 4.91. The van der Waals surface area contributed by atoms with Crippen molar-refractivity contribution in [2.45, 2.75) is 25.2 Å². The number of benzene rings is 2. The highest BCUT2D eigenvalue weighted by Crippen LogP contribution is 2.32. The van der Waals surface area contributed by atoms with Gasteiger partial charge in [0.2, 0.25) is 0 Å². The lowest BCUT2D eigenvalue weighted by atomic mass is 10.1. The van der Waals surface area contributed by atoms with Crippen LogP contribution in [0.15, 0.2) is 54.7 Å². The number of halogens is 4. The highest BCUT2D eigenvalue weighted by molar-refractivity contribution is 6.33. The molecule has 31 heavy (non-hydrogen) atoms. The predicted octanol–water partition coefficient (Wildman–Crippen LogP) is 4.65. The minimum atomic E-state index is -4.56. The van der Waals surface area contributed by atoms with Gasteiger partial charge in [0, 0.05) is 12.7 Å². The summed E-state index contributed by atoms with van der Waals surface area (Å²) in [5.41, 5.74) is 1.68. The highest BCUT2D eigenvalue weighted by Gasteiger charge is 2.32. The number of hydrogen-bond donors (Lipinski definition) is 1. The first-order valence-electron chi connectivity index (χ1n) is 9.68. The molecular formula is C22H19ClF3N3O2. The molecule has 0 bridgehead atoms. The summed E-state index contributed by atoms with van der Waals surface area (Å²) in [7, 11) is 0. The summed E-state index contributed by atoms with van der Waals surface area (Å²) in [6.07, 6.45) is -2.39. The maximum atomic E-state index is 13.0.